The summed E-state index contributed by atoms with van der Waals surface area (Å²) in [6, 6.07) is 6.62. The van der Waals surface area contributed by atoms with Crippen molar-refractivity contribution < 1.29 is 4.79 Å². The highest BCUT2D eigenvalue weighted by Crippen LogP contribution is 2.24. The topological polar surface area (TPSA) is 44.4 Å². The quantitative estimate of drug-likeness (QED) is 0.802. The molecule has 0 bridgehead atoms. The number of nitrogens with one attached hydrogen (secondary N) is 2. The molecule has 0 atom stereocenters. The lowest BCUT2D eigenvalue weighted by atomic mass is 10.1. The maximum Gasteiger partial charge on any atom is 0.251 e. The van der Waals surface area contributed by atoms with Crippen LogP contribution in [0, 0.1) is 6.92 Å². The van der Waals surface area contributed by atoms with Crippen LogP contribution in [-0.2, 0) is 0 Å². The number of anilines is 1. The number of carbonyl (C=O) groups excluding carboxylic acids is 1. The summed E-state index contributed by atoms with van der Waals surface area (Å²) in [5, 5.41) is 6.26. The summed E-state index contributed by atoms with van der Waals surface area (Å²) in [6.45, 7) is 6.56. The minimum absolute atomic E-state index is 0.0229. The molecule has 20 heavy (non-hydrogen) atoms. The Hall–Kier alpha value is -1.55. The van der Waals surface area contributed by atoms with Crippen molar-refractivity contribution in [1.82, 2.24) is 10.2 Å². The molecular formula is C16H25N3O. The highest BCUT2D eigenvalue weighted by Gasteiger charge is 2.25. The summed E-state index contributed by atoms with van der Waals surface area (Å²) >= 11 is 0. The van der Waals surface area contributed by atoms with E-state index in [-0.39, 0.29) is 5.91 Å². The van der Waals surface area contributed by atoms with E-state index in [4.69, 9.17) is 0 Å². The van der Waals surface area contributed by atoms with Gasteiger partial charge in [0.2, 0.25) is 0 Å². The molecule has 2 N–H and O–H groups in total. The molecule has 0 spiro atoms. The second-order valence-electron chi connectivity index (χ2n) is 5.53. The van der Waals surface area contributed by atoms with Crippen LogP contribution in [0.4, 0.5) is 5.69 Å². The van der Waals surface area contributed by atoms with Crippen molar-refractivity contribution in [3.8, 4) is 0 Å². The van der Waals surface area contributed by atoms with Gasteiger partial charge in [0.25, 0.3) is 5.91 Å². The zero-order valence-corrected chi connectivity index (χ0v) is 12.7. The van der Waals surface area contributed by atoms with Crippen LogP contribution in [0.5, 0.6) is 0 Å². The van der Waals surface area contributed by atoms with Gasteiger partial charge in [-0.2, -0.15) is 0 Å². The molecule has 110 valence electrons. The molecule has 0 radical (unpaired) electrons. The third-order valence-corrected chi connectivity index (χ3v) is 3.77. The van der Waals surface area contributed by atoms with Gasteiger partial charge in [0.05, 0.1) is 0 Å². The maximum atomic E-state index is 12.2. The highest BCUT2D eigenvalue weighted by atomic mass is 16.1. The van der Waals surface area contributed by atoms with E-state index in [1.54, 1.807) is 0 Å². The minimum atomic E-state index is 0.0229. The van der Waals surface area contributed by atoms with E-state index in [9.17, 15) is 4.79 Å². The average molecular weight is 275 g/mol. The Labute approximate surface area is 121 Å². The van der Waals surface area contributed by atoms with E-state index in [2.05, 4.69) is 29.5 Å². The van der Waals surface area contributed by atoms with Gasteiger partial charge in [0.15, 0.2) is 0 Å². The van der Waals surface area contributed by atoms with Crippen molar-refractivity contribution in [2.75, 3.05) is 32.0 Å². The lowest BCUT2D eigenvalue weighted by molar-refractivity contribution is 0.0949. The van der Waals surface area contributed by atoms with E-state index in [1.807, 2.05) is 25.1 Å². The fourth-order valence-electron chi connectivity index (χ4n) is 2.37. The zero-order valence-electron chi connectivity index (χ0n) is 12.7. The van der Waals surface area contributed by atoms with Gasteiger partial charge in [0.1, 0.15) is 0 Å². The standard InChI is InChI=1S/C16H25N3O/c1-4-17-13-5-8-15(12(2)11-13)16(20)18-9-10-19(3)14-6-7-14/h5,8,11,14,17H,4,6-7,9-10H2,1-3H3,(H,18,20). The van der Waals surface area contributed by atoms with Crippen LogP contribution in [-0.4, -0.2) is 43.5 Å². The van der Waals surface area contributed by atoms with Gasteiger partial charge in [-0.3, -0.25) is 4.79 Å². The van der Waals surface area contributed by atoms with Crippen LogP contribution < -0.4 is 10.6 Å². The molecule has 1 aliphatic carbocycles. The number of rotatable bonds is 7. The largest absolute Gasteiger partial charge is 0.385 e. The number of nitrogens with zero attached hydrogens (tertiary/aromatic N) is 1. The molecule has 1 aliphatic rings. The molecule has 4 nitrogen and oxygen atoms in total. The average Bonchev–Trinajstić information content (AvgIpc) is 3.23. The summed E-state index contributed by atoms with van der Waals surface area (Å²) in [5.74, 6) is 0.0229. The maximum absolute atomic E-state index is 12.2. The van der Waals surface area contributed by atoms with E-state index in [0.717, 1.165) is 35.9 Å². The fraction of sp³-hybridized carbons (Fsp3) is 0.562. The summed E-state index contributed by atoms with van der Waals surface area (Å²) in [4.78, 5) is 14.5. The predicted octanol–water partition coefficient (Wildman–Crippen LogP) is 2.25. The lowest BCUT2D eigenvalue weighted by Gasteiger charge is -2.16. The van der Waals surface area contributed by atoms with Crippen LogP contribution in [0.2, 0.25) is 0 Å². The summed E-state index contributed by atoms with van der Waals surface area (Å²) in [7, 11) is 2.13. The first-order valence-corrected chi connectivity index (χ1v) is 7.44. The molecule has 0 aromatic heterocycles. The molecule has 2 rings (SSSR count). The number of hydrogen-bond acceptors (Lipinski definition) is 3. The van der Waals surface area contributed by atoms with Crippen molar-refractivity contribution in [1.29, 1.82) is 0 Å². The van der Waals surface area contributed by atoms with Gasteiger partial charge < -0.3 is 15.5 Å². The molecule has 1 fully saturated rings. The molecule has 4 heteroatoms. The molecule has 0 unspecified atom stereocenters. The Morgan fingerprint density at radius 3 is 2.75 bits per heavy atom. The summed E-state index contributed by atoms with van der Waals surface area (Å²) < 4.78 is 0. The summed E-state index contributed by atoms with van der Waals surface area (Å²) in [5.41, 5.74) is 2.84. The number of benzene rings is 1. The third-order valence-electron chi connectivity index (χ3n) is 3.77. The Balaban J connectivity index is 1.84. The van der Waals surface area contributed by atoms with Gasteiger partial charge in [-0.15, -0.1) is 0 Å². The first-order chi connectivity index (χ1) is 9.61. The Kier molecular flexibility index (Phi) is 5.01. The molecule has 1 amide bonds. The van der Waals surface area contributed by atoms with E-state index >= 15 is 0 Å². The lowest BCUT2D eigenvalue weighted by Crippen LogP contribution is -2.34. The SMILES string of the molecule is CCNc1ccc(C(=O)NCCN(C)C2CC2)c(C)c1. The first-order valence-electron chi connectivity index (χ1n) is 7.44. The van der Waals surface area contributed by atoms with Crippen molar-refractivity contribution in [2.45, 2.75) is 32.7 Å². The van der Waals surface area contributed by atoms with Crippen LogP contribution in [0.15, 0.2) is 18.2 Å². The monoisotopic (exact) mass is 275 g/mol. The number of likely N-dealkylation sites (N-methyl/N-ethyl adjacent to an activating group) is 1. The molecule has 1 saturated carbocycles. The van der Waals surface area contributed by atoms with Gasteiger partial charge in [-0.25, -0.2) is 0 Å². The molecule has 0 saturated heterocycles. The third kappa shape index (κ3) is 3.97. The Morgan fingerprint density at radius 2 is 2.15 bits per heavy atom. The molecule has 0 aliphatic heterocycles. The number of amides is 1. The van der Waals surface area contributed by atoms with Crippen LogP contribution in [0.3, 0.4) is 0 Å². The van der Waals surface area contributed by atoms with Gasteiger partial charge in [0, 0.05) is 36.9 Å². The number of carbonyl (C=O) groups is 1. The predicted molar refractivity (Wildman–Crippen MR) is 83.3 cm³/mol. The minimum Gasteiger partial charge on any atom is -0.385 e. The smallest absolute Gasteiger partial charge is 0.251 e. The van der Waals surface area contributed by atoms with E-state index in [1.165, 1.54) is 12.8 Å². The van der Waals surface area contributed by atoms with Crippen molar-refractivity contribution in [3.05, 3.63) is 29.3 Å². The van der Waals surface area contributed by atoms with Crippen LogP contribution in [0.1, 0.15) is 35.7 Å². The molecular weight excluding hydrogens is 250 g/mol. The van der Waals surface area contributed by atoms with Crippen molar-refractivity contribution in [2.24, 2.45) is 0 Å². The van der Waals surface area contributed by atoms with E-state index in [0.29, 0.717) is 6.54 Å². The molecule has 1 aromatic carbocycles. The number of hydrogen-bond donors (Lipinski definition) is 2. The van der Waals surface area contributed by atoms with Gasteiger partial charge in [-0.05, 0) is 57.5 Å². The number of aryl methyl sites for hydroxylation is 1. The highest BCUT2D eigenvalue weighted by molar-refractivity contribution is 5.96. The van der Waals surface area contributed by atoms with Crippen molar-refractivity contribution in [3.63, 3.8) is 0 Å². The Bertz CT molecular complexity index is 469. The zero-order chi connectivity index (χ0) is 14.5. The van der Waals surface area contributed by atoms with Gasteiger partial charge in [-0.1, -0.05) is 0 Å². The van der Waals surface area contributed by atoms with E-state index < -0.39 is 0 Å². The Morgan fingerprint density at radius 1 is 1.40 bits per heavy atom. The van der Waals surface area contributed by atoms with Crippen LogP contribution in [0.25, 0.3) is 0 Å². The van der Waals surface area contributed by atoms with Crippen molar-refractivity contribution >= 4 is 11.6 Å². The summed E-state index contributed by atoms with van der Waals surface area (Å²) in [6.07, 6.45) is 2.60. The second kappa shape index (κ2) is 6.75. The molecule has 1 aromatic rings. The first kappa shape index (κ1) is 14.9. The second-order valence-corrected chi connectivity index (χ2v) is 5.53. The van der Waals surface area contributed by atoms with Crippen LogP contribution >= 0.6 is 0 Å². The fourth-order valence-corrected chi connectivity index (χ4v) is 2.37. The van der Waals surface area contributed by atoms with Gasteiger partial charge >= 0.3 is 0 Å². The molecule has 0 heterocycles. The normalized spacial score (nSPS) is 14.4.